The molecule has 0 aromatic carbocycles. The molecule has 0 saturated heterocycles. The van der Waals surface area contributed by atoms with Crippen molar-refractivity contribution in [2.75, 3.05) is 26.4 Å². The molecule has 0 saturated carbocycles. The van der Waals surface area contributed by atoms with Gasteiger partial charge in [-0.25, -0.2) is 0 Å². The Labute approximate surface area is 107 Å². The predicted octanol–water partition coefficient (Wildman–Crippen LogP) is 2.84. The molecule has 0 aliphatic carbocycles. The lowest BCUT2D eigenvalue weighted by molar-refractivity contribution is 0.00580. The molecular formula is C14H31NO2. The molecule has 1 atom stereocenters. The fraction of sp³-hybridized carbons (Fsp3) is 1.00. The Bertz CT molecular complexity index is 158. The molecule has 0 spiro atoms. The first-order valence-corrected chi connectivity index (χ1v) is 7.02. The molecule has 1 N–H and O–H groups in total. The van der Waals surface area contributed by atoms with Crippen LogP contribution in [0.3, 0.4) is 0 Å². The monoisotopic (exact) mass is 245 g/mol. The molecule has 0 aliphatic heterocycles. The van der Waals surface area contributed by atoms with Crippen LogP contribution in [0.1, 0.15) is 47.5 Å². The van der Waals surface area contributed by atoms with E-state index in [0.29, 0.717) is 25.2 Å². The molecule has 0 fully saturated rings. The fourth-order valence-electron chi connectivity index (χ4n) is 1.60. The molecule has 0 bridgehead atoms. The lowest BCUT2D eigenvalue weighted by Gasteiger charge is -2.19. The maximum absolute atomic E-state index is 5.68. The van der Waals surface area contributed by atoms with Gasteiger partial charge in [0.05, 0.1) is 19.3 Å². The van der Waals surface area contributed by atoms with Gasteiger partial charge in [-0.1, -0.05) is 27.7 Å². The van der Waals surface area contributed by atoms with E-state index >= 15 is 0 Å². The highest BCUT2D eigenvalue weighted by Gasteiger charge is 2.06. The quantitative estimate of drug-likeness (QED) is 0.568. The molecule has 0 rings (SSSR count). The molecule has 1 unspecified atom stereocenters. The van der Waals surface area contributed by atoms with Crippen molar-refractivity contribution in [2.24, 2.45) is 5.92 Å². The average molecular weight is 245 g/mol. The zero-order valence-corrected chi connectivity index (χ0v) is 12.3. The molecule has 0 amide bonds. The standard InChI is InChI=1S/C14H31NO2/c1-6-14(7-2)15-10-13(5)17-9-8-16-11-12(3)4/h12-15H,6-11H2,1-5H3. The minimum Gasteiger partial charge on any atom is -0.379 e. The molecule has 3 heteroatoms. The van der Waals surface area contributed by atoms with E-state index < -0.39 is 0 Å². The minimum atomic E-state index is 0.262. The van der Waals surface area contributed by atoms with Gasteiger partial charge in [-0.15, -0.1) is 0 Å². The van der Waals surface area contributed by atoms with Crippen LogP contribution in [0.5, 0.6) is 0 Å². The van der Waals surface area contributed by atoms with Crippen LogP contribution in [0.25, 0.3) is 0 Å². The molecule has 0 heterocycles. The number of nitrogens with one attached hydrogen (secondary N) is 1. The normalized spacial score (nSPS) is 13.6. The minimum absolute atomic E-state index is 0.262. The molecule has 3 nitrogen and oxygen atoms in total. The van der Waals surface area contributed by atoms with E-state index in [1.807, 2.05) is 0 Å². The van der Waals surface area contributed by atoms with Gasteiger partial charge in [0.2, 0.25) is 0 Å². The van der Waals surface area contributed by atoms with E-state index in [9.17, 15) is 0 Å². The van der Waals surface area contributed by atoms with E-state index in [2.05, 4.69) is 39.9 Å². The SMILES string of the molecule is CCC(CC)NCC(C)OCCOCC(C)C. The van der Waals surface area contributed by atoms with Gasteiger partial charge in [-0.3, -0.25) is 0 Å². The van der Waals surface area contributed by atoms with Crippen LogP contribution < -0.4 is 5.32 Å². The second-order valence-electron chi connectivity index (χ2n) is 5.07. The summed E-state index contributed by atoms with van der Waals surface area (Å²) in [5.74, 6) is 0.601. The average Bonchev–Trinajstić information content (AvgIpc) is 2.29. The molecule has 0 radical (unpaired) electrons. The molecule has 0 aliphatic rings. The summed E-state index contributed by atoms with van der Waals surface area (Å²) in [6.45, 7) is 14.0. The summed E-state index contributed by atoms with van der Waals surface area (Å²) in [7, 11) is 0. The highest BCUT2D eigenvalue weighted by atomic mass is 16.5. The summed E-state index contributed by atoms with van der Waals surface area (Å²) in [6, 6.07) is 0.623. The van der Waals surface area contributed by atoms with Gasteiger partial charge in [0.25, 0.3) is 0 Å². The van der Waals surface area contributed by atoms with Gasteiger partial charge in [0.1, 0.15) is 0 Å². The van der Waals surface area contributed by atoms with Crippen molar-refractivity contribution in [1.29, 1.82) is 0 Å². The summed E-state index contributed by atoms with van der Waals surface area (Å²) < 4.78 is 11.1. The third-order valence-electron chi connectivity index (χ3n) is 2.76. The zero-order valence-electron chi connectivity index (χ0n) is 12.3. The van der Waals surface area contributed by atoms with E-state index in [0.717, 1.165) is 13.2 Å². The summed E-state index contributed by atoms with van der Waals surface area (Å²) >= 11 is 0. The Hall–Kier alpha value is -0.120. The molecular weight excluding hydrogens is 214 g/mol. The number of ether oxygens (including phenoxy) is 2. The lowest BCUT2D eigenvalue weighted by atomic mass is 10.1. The second-order valence-corrected chi connectivity index (χ2v) is 5.07. The van der Waals surface area contributed by atoms with Gasteiger partial charge >= 0.3 is 0 Å². The first-order valence-electron chi connectivity index (χ1n) is 7.02. The molecule has 0 aromatic rings. The van der Waals surface area contributed by atoms with Crippen molar-refractivity contribution in [3.63, 3.8) is 0 Å². The van der Waals surface area contributed by atoms with Crippen molar-refractivity contribution in [3.8, 4) is 0 Å². The van der Waals surface area contributed by atoms with Crippen molar-refractivity contribution in [2.45, 2.75) is 59.6 Å². The van der Waals surface area contributed by atoms with E-state index in [-0.39, 0.29) is 6.10 Å². The van der Waals surface area contributed by atoms with E-state index in [1.165, 1.54) is 12.8 Å². The zero-order chi connectivity index (χ0) is 13.1. The summed E-state index contributed by atoms with van der Waals surface area (Å²) in [5, 5.41) is 3.51. The van der Waals surface area contributed by atoms with Crippen LogP contribution >= 0.6 is 0 Å². The van der Waals surface area contributed by atoms with Crippen molar-refractivity contribution >= 4 is 0 Å². The second kappa shape index (κ2) is 11.0. The topological polar surface area (TPSA) is 30.5 Å². The highest BCUT2D eigenvalue weighted by Crippen LogP contribution is 1.98. The van der Waals surface area contributed by atoms with E-state index in [1.54, 1.807) is 0 Å². The van der Waals surface area contributed by atoms with Crippen LogP contribution in [0.4, 0.5) is 0 Å². The first kappa shape index (κ1) is 16.9. The van der Waals surface area contributed by atoms with Gasteiger partial charge in [-0.05, 0) is 25.7 Å². The Balaban J connectivity index is 3.37. The Kier molecular flexibility index (Phi) is 10.9. The van der Waals surface area contributed by atoms with Gasteiger partial charge in [0, 0.05) is 19.2 Å². The van der Waals surface area contributed by atoms with Gasteiger partial charge < -0.3 is 14.8 Å². The van der Waals surface area contributed by atoms with Gasteiger partial charge in [-0.2, -0.15) is 0 Å². The molecule has 17 heavy (non-hydrogen) atoms. The van der Waals surface area contributed by atoms with Crippen LogP contribution in [-0.4, -0.2) is 38.5 Å². The predicted molar refractivity (Wildman–Crippen MR) is 73.4 cm³/mol. The Morgan fingerprint density at radius 1 is 1.00 bits per heavy atom. The van der Waals surface area contributed by atoms with Crippen LogP contribution in [0, 0.1) is 5.92 Å². The lowest BCUT2D eigenvalue weighted by Crippen LogP contribution is -2.35. The fourth-order valence-corrected chi connectivity index (χ4v) is 1.60. The largest absolute Gasteiger partial charge is 0.379 e. The van der Waals surface area contributed by atoms with Crippen LogP contribution in [-0.2, 0) is 9.47 Å². The summed E-state index contributed by atoms with van der Waals surface area (Å²) in [5.41, 5.74) is 0. The number of rotatable bonds is 11. The van der Waals surface area contributed by atoms with E-state index in [4.69, 9.17) is 9.47 Å². The molecule has 104 valence electrons. The summed E-state index contributed by atoms with van der Waals surface area (Å²) in [6.07, 6.45) is 2.62. The van der Waals surface area contributed by atoms with Crippen molar-refractivity contribution < 1.29 is 9.47 Å². The summed E-state index contributed by atoms with van der Waals surface area (Å²) in [4.78, 5) is 0. The van der Waals surface area contributed by atoms with Crippen LogP contribution in [0.2, 0.25) is 0 Å². The molecule has 0 aromatic heterocycles. The third kappa shape index (κ3) is 10.7. The Morgan fingerprint density at radius 2 is 1.65 bits per heavy atom. The van der Waals surface area contributed by atoms with Crippen molar-refractivity contribution in [3.05, 3.63) is 0 Å². The maximum atomic E-state index is 5.68. The first-order chi connectivity index (χ1) is 8.10. The number of hydrogen-bond donors (Lipinski definition) is 1. The van der Waals surface area contributed by atoms with Crippen LogP contribution in [0.15, 0.2) is 0 Å². The number of hydrogen-bond acceptors (Lipinski definition) is 3. The third-order valence-corrected chi connectivity index (χ3v) is 2.76. The smallest absolute Gasteiger partial charge is 0.0704 e. The van der Waals surface area contributed by atoms with Gasteiger partial charge in [0.15, 0.2) is 0 Å². The Morgan fingerprint density at radius 3 is 2.18 bits per heavy atom. The van der Waals surface area contributed by atoms with Crippen molar-refractivity contribution in [1.82, 2.24) is 5.32 Å². The maximum Gasteiger partial charge on any atom is 0.0704 e. The highest BCUT2D eigenvalue weighted by molar-refractivity contribution is 4.64.